The summed E-state index contributed by atoms with van der Waals surface area (Å²) < 4.78 is 0. The van der Waals surface area contributed by atoms with Crippen molar-refractivity contribution in [2.24, 2.45) is 17.8 Å². The highest BCUT2D eigenvalue weighted by Crippen LogP contribution is 2.21. The Morgan fingerprint density at radius 2 is 1.61 bits per heavy atom. The van der Waals surface area contributed by atoms with E-state index < -0.39 is 0 Å². The summed E-state index contributed by atoms with van der Waals surface area (Å²) >= 11 is 0. The molecule has 0 aliphatic heterocycles. The van der Waals surface area contributed by atoms with Crippen LogP contribution in [0.5, 0.6) is 0 Å². The first kappa shape index (κ1) is 14.9. The SMILES string of the molecule is CC(C)CCC(Cc1ccccc1)C(=O)C(C)C. The molecule has 0 amide bonds. The molecular weight excluding hydrogens is 220 g/mol. The number of rotatable bonds is 7. The van der Waals surface area contributed by atoms with Crippen LogP contribution in [0.3, 0.4) is 0 Å². The Hall–Kier alpha value is -1.11. The lowest BCUT2D eigenvalue weighted by atomic mass is 9.85. The van der Waals surface area contributed by atoms with Crippen molar-refractivity contribution in [1.29, 1.82) is 0 Å². The first-order valence-corrected chi connectivity index (χ1v) is 7.08. The molecule has 1 nitrogen and oxygen atoms in total. The minimum absolute atomic E-state index is 0.144. The molecule has 0 fully saturated rings. The molecule has 1 aromatic rings. The van der Waals surface area contributed by atoms with Crippen LogP contribution in [-0.2, 0) is 11.2 Å². The zero-order valence-electron chi connectivity index (χ0n) is 12.1. The van der Waals surface area contributed by atoms with Crippen LogP contribution in [0.4, 0.5) is 0 Å². The van der Waals surface area contributed by atoms with E-state index in [1.54, 1.807) is 0 Å². The van der Waals surface area contributed by atoms with Crippen LogP contribution in [-0.4, -0.2) is 5.78 Å². The molecule has 100 valence electrons. The fourth-order valence-corrected chi connectivity index (χ4v) is 2.25. The van der Waals surface area contributed by atoms with E-state index in [0.29, 0.717) is 11.7 Å². The Kier molecular flexibility index (Phi) is 6.11. The van der Waals surface area contributed by atoms with Crippen LogP contribution >= 0.6 is 0 Å². The van der Waals surface area contributed by atoms with Crippen LogP contribution in [0.25, 0.3) is 0 Å². The third-order valence-electron chi connectivity index (χ3n) is 3.39. The smallest absolute Gasteiger partial charge is 0.138 e. The second kappa shape index (κ2) is 7.35. The summed E-state index contributed by atoms with van der Waals surface area (Å²) in [5.41, 5.74) is 1.28. The van der Waals surface area contributed by atoms with Crippen molar-refractivity contribution in [2.75, 3.05) is 0 Å². The minimum atomic E-state index is 0.144. The number of Topliss-reactive ketones (excluding diaryl/α,β-unsaturated/α-hetero) is 1. The molecule has 0 radical (unpaired) electrons. The Bertz CT molecular complexity index is 351. The van der Waals surface area contributed by atoms with E-state index in [-0.39, 0.29) is 11.8 Å². The van der Waals surface area contributed by atoms with Crippen molar-refractivity contribution in [3.63, 3.8) is 0 Å². The van der Waals surface area contributed by atoms with Gasteiger partial charge >= 0.3 is 0 Å². The summed E-state index contributed by atoms with van der Waals surface area (Å²) in [4.78, 5) is 12.3. The van der Waals surface area contributed by atoms with Gasteiger partial charge in [0.2, 0.25) is 0 Å². The lowest BCUT2D eigenvalue weighted by Crippen LogP contribution is -2.22. The van der Waals surface area contributed by atoms with Gasteiger partial charge in [-0.2, -0.15) is 0 Å². The highest BCUT2D eigenvalue weighted by molar-refractivity contribution is 5.83. The second-order valence-corrected chi connectivity index (χ2v) is 5.91. The molecule has 18 heavy (non-hydrogen) atoms. The lowest BCUT2D eigenvalue weighted by Gasteiger charge is -2.19. The molecule has 0 aromatic heterocycles. The van der Waals surface area contributed by atoms with Gasteiger partial charge in [-0.15, -0.1) is 0 Å². The Morgan fingerprint density at radius 1 is 1.00 bits per heavy atom. The largest absolute Gasteiger partial charge is 0.299 e. The van der Waals surface area contributed by atoms with Crippen molar-refractivity contribution < 1.29 is 4.79 Å². The van der Waals surface area contributed by atoms with E-state index in [1.807, 2.05) is 19.9 Å². The average molecular weight is 246 g/mol. The monoisotopic (exact) mass is 246 g/mol. The minimum Gasteiger partial charge on any atom is -0.299 e. The molecule has 0 aliphatic carbocycles. The Balaban J connectivity index is 2.68. The summed E-state index contributed by atoms with van der Waals surface area (Å²) in [5.74, 6) is 1.42. The van der Waals surface area contributed by atoms with E-state index >= 15 is 0 Å². The van der Waals surface area contributed by atoms with Crippen LogP contribution in [0.1, 0.15) is 46.1 Å². The molecule has 1 heteroatoms. The van der Waals surface area contributed by atoms with E-state index in [4.69, 9.17) is 0 Å². The zero-order chi connectivity index (χ0) is 13.5. The molecule has 0 bridgehead atoms. The molecule has 0 aliphatic rings. The summed E-state index contributed by atoms with van der Waals surface area (Å²) in [6.45, 7) is 8.46. The summed E-state index contributed by atoms with van der Waals surface area (Å²) in [6.07, 6.45) is 3.05. The highest BCUT2D eigenvalue weighted by Gasteiger charge is 2.21. The summed E-state index contributed by atoms with van der Waals surface area (Å²) in [5, 5.41) is 0. The maximum Gasteiger partial charge on any atom is 0.138 e. The second-order valence-electron chi connectivity index (χ2n) is 5.91. The van der Waals surface area contributed by atoms with Crippen molar-refractivity contribution in [1.82, 2.24) is 0 Å². The maximum atomic E-state index is 12.3. The molecule has 0 saturated heterocycles. The standard InChI is InChI=1S/C17H26O/c1-13(2)10-11-16(17(18)14(3)4)12-15-8-6-5-7-9-15/h5-9,13-14,16H,10-12H2,1-4H3. The molecule has 0 N–H and O–H groups in total. The first-order chi connectivity index (χ1) is 8.50. The summed E-state index contributed by atoms with van der Waals surface area (Å²) in [7, 11) is 0. The van der Waals surface area contributed by atoms with E-state index in [2.05, 4.69) is 38.1 Å². The quantitative estimate of drug-likeness (QED) is 0.692. The van der Waals surface area contributed by atoms with Crippen LogP contribution < -0.4 is 0 Å². The van der Waals surface area contributed by atoms with Gasteiger partial charge in [0.25, 0.3) is 0 Å². The fraction of sp³-hybridized carbons (Fsp3) is 0.588. The topological polar surface area (TPSA) is 17.1 Å². The third-order valence-corrected chi connectivity index (χ3v) is 3.39. The fourth-order valence-electron chi connectivity index (χ4n) is 2.25. The number of ketones is 1. The first-order valence-electron chi connectivity index (χ1n) is 7.08. The predicted octanol–water partition coefficient (Wildman–Crippen LogP) is 4.51. The predicted molar refractivity (Wildman–Crippen MR) is 77.6 cm³/mol. The van der Waals surface area contributed by atoms with E-state index in [1.165, 1.54) is 5.56 Å². The van der Waals surface area contributed by atoms with Gasteiger partial charge in [0.05, 0.1) is 0 Å². The van der Waals surface area contributed by atoms with Gasteiger partial charge < -0.3 is 0 Å². The normalized spacial score (nSPS) is 13.0. The number of benzene rings is 1. The number of carbonyl (C=O) groups is 1. The van der Waals surface area contributed by atoms with E-state index in [0.717, 1.165) is 19.3 Å². The molecular formula is C17H26O. The molecule has 0 spiro atoms. The van der Waals surface area contributed by atoms with Crippen molar-refractivity contribution in [3.05, 3.63) is 35.9 Å². The summed E-state index contributed by atoms with van der Waals surface area (Å²) in [6, 6.07) is 10.4. The Labute approximate surface area is 112 Å². The maximum absolute atomic E-state index is 12.3. The van der Waals surface area contributed by atoms with Crippen molar-refractivity contribution in [3.8, 4) is 0 Å². The van der Waals surface area contributed by atoms with Gasteiger partial charge in [-0.1, -0.05) is 64.4 Å². The molecule has 1 rings (SSSR count). The van der Waals surface area contributed by atoms with E-state index in [9.17, 15) is 4.79 Å². The average Bonchev–Trinajstić information content (AvgIpc) is 2.34. The third kappa shape index (κ3) is 5.03. The highest BCUT2D eigenvalue weighted by atomic mass is 16.1. The van der Waals surface area contributed by atoms with Gasteiger partial charge in [0, 0.05) is 11.8 Å². The molecule has 1 unspecified atom stereocenters. The molecule has 1 atom stereocenters. The van der Waals surface area contributed by atoms with Crippen molar-refractivity contribution in [2.45, 2.75) is 47.0 Å². The van der Waals surface area contributed by atoms with Crippen LogP contribution in [0.2, 0.25) is 0 Å². The molecule has 0 heterocycles. The van der Waals surface area contributed by atoms with Gasteiger partial charge in [-0.05, 0) is 24.3 Å². The van der Waals surface area contributed by atoms with Crippen molar-refractivity contribution >= 4 is 5.78 Å². The van der Waals surface area contributed by atoms with Crippen LogP contribution in [0.15, 0.2) is 30.3 Å². The number of hydrogen-bond donors (Lipinski definition) is 0. The Morgan fingerprint density at radius 3 is 2.11 bits per heavy atom. The number of carbonyl (C=O) groups excluding carboxylic acids is 1. The lowest BCUT2D eigenvalue weighted by molar-refractivity contribution is -0.126. The van der Waals surface area contributed by atoms with Gasteiger partial charge in [0.1, 0.15) is 5.78 Å². The van der Waals surface area contributed by atoms with Crippen LogP contribution in [0, 0.1) is 17.8 Å². The van der Waals surface area contributed by atoms with Gasteiger partial charge in [-0.25, -0.2) is 0 Å². The van der Waals surface area contributed by atoms with Gasteiger partial charge in [0.15, 0.2) is 0 Å². The van der Waals surface area contributed by atoms with Gasteiger partial charge in [-0.3, -0.25) is 4.79 Å². The molecule has 1 aromatic carbocycles. The zero-order valence-corrected chi connectivity index (χ0v) is 12.1. The molecule has 0 saturated carbocycles. The number of hydrogen-bond acceptors (Lipinski definition) is 1.